The maximum atomic E-state index is 11.3. The Morgan fingerprint density at radius 1 is 1.43 bits per heavy atom. The number of carbonyl (C=O) groups is 1. The molecular formula is C12H25NO. The molecule has 1 saturated heterocycles. The predicted molar refractivity (Wildman–Crippen MR) is 61.2 cm³/mol. The van der Waals surface area contributed by atoms with Crippen LogP contribution in [0.2, 0.25) is 0 Å². The van der Waals surface area contributed by atoms with Gasteiger partial charge in [-0.15, -0.1) is 0 Å². The number of hydrogen-bond donors (Lipinski definition) is 0. The van der Waals surface area contributed by atoms with E-state index in [4.69, 9.17) is 0 Å². The van der Waals surface area contributed by atoms with Crippen LogP contribution in [0.3, 0.4) is 0 Å². The van der Waals surface area contributed by atoms with Crippen LogP contribution in [-0.2, 0) is 4.79 Å². The molecule has 0 aromatic heterocycles. The van der Waals surface area contributed by atoms with E-state index in [-0.39, 0.29) is 0 Å². The van der Waals surface area contributed by atoms with Crippen LogP contribution < -0.4 is 0 Å². The molecule has 0 aromatic rings. The molecule has 14 heavy (non-hydrogen) atoms. The third-order valence-electron chi connectivity index (χ3n) is 2.48. The molecule has 0 aliphatic carbocycles. The van der Waals surface area contributed by atoms with Crippen LogP contribution in [0.15, 0.2) is 0 Å². The first-order chi connectivity index (χ1) is 6.63. The van der Waals surface area contributed by atoms with Crippen LogP contribution >= 0.6 is 0 Å². The Hall–Kier alpha value is -0.530. The molecule has 84 valence electrons. The molecule has 2 heteroatoms. The van der Waals surface area contributed by atoms with Gasteiger partial charge in [-0.3, -0.25) is 4.79 Å². The molecular weight excluding hydrogens is 174 g/mol. The van der Waals surface area contributed by atoms with Gasteiger partial charge in [0.1, 0.15) is 0 Å². The molecule has 1 aliphatic heterocycles. The molecule has 1 rings (SSSR count). The summed E-state index contributed by atoms with van der Waals surface area (Å²) in [5.74, 6) is 1.69. The van der Waals surface area contributed by atoms with Crippen molar-refractivity contribution in [3.8, 4) is 0 Å². The number of carbonyl (C=O) groups excluding carboxylic acids is 1. The maximum Gasteiger partial charge on any atom is 0.222 e. The number of hydrogen-bond acceptors (Lipinski definition) is 1. The van der Waals surface area contributed by atoms with Crippen LogP contribution in [0.1, 0.15) is 47.5 Å². The average molecular weight is 199 g/mol. The lowest BCUT2D eigenvalue weighted by atomic mass is 9.96. The largest absolute Gasteiger partial charge is 0.343 e. The quantitative estimate of drug-likeness (QED) is 0.684. The molecule has 1 amide bonds. The van der Waals surface area contributed by atoms with Gasteiger partial charge in [-0.05, 0) is 25.2 Å². The van der Waals surface area contributed by atoms with Crippen molar-refractivity contribution in [2.75, 3.05) is 13.1 Å². The summed E-state index contributed by atoms with van der Waals surface area (Å²) >= 11 is 0. The lowest BCUT2D eigenvalue weighted by Gasteiger charge is -2.14. The Morgan fingerprint density at radius 2 is 2.00 bits per heavy atom. The zero-order valence-corrected chi connectivity index (χ0v) is 10.3. The van der Waals surface area contributed by atoms with Gasteiger partial charge in [0.05, 0.1) is 0 Å². The lowest BCUT2D eigenvalue weighted by Crippen LogP contribution is -2.24. The van der Waals surface area contributed by atoms with E-state index in [1.807, 2.05) is 18.7 Å². The third kappa shape index (κ3) is 4.12. The normalized spacial score (nSPS) is 21.1. The summed E-state index contributed by atoms with van der Waals surface area (Å²) in [7, 11) is 0. The highest BCUT2D eigenvalue weighted by Gasteiger charge is 2.28. The molecule has 0 N–H and O–H groups in total. The van der Waals surface area contributed by atoms with Gasteiger partial charge < -0.3 is 4.90 Å². The number of amides is 1. The molecule has 0 aromatic carbocycles. The topological polar surface area (TPSA) is 20.3 Å². The van der Waals surface area contributed by atoms with Crippen molar-refractivity contribution in [1.82, 2.24) is 4.90 Å². The highest BCUT2D eigenvalue weighted by molar-refractivity contribution is 5.78. The van der Waals surface area contributed by atoms with E-state index >= 15 is 0 Å². The first-order valence-corrected chi connectivity index (χ1v) is 5.91. The van der Waals surface area contributed by atoms with Gasteiger partial charge in [0.2, 0.25) is 5.91 Å². The van der Waals surface area contributed by atoms with Crippen LogP contribution in [-0.4, -0.2) is 23.9 Å². The molecule has 1 aliphatic rings. The zero-order chi connectivity index (χ0) is 11.1. The van der Waals surface area contributed by atoms with Crippen molar-refractivity contribution < 1.29 is 4.79 Å². The summed E-state index contributed by atoms with van der Waals surface area (Å²) in [4.78, 5) is 13.3. The fourth-order valence-corrected chi connectivity index (χ4v) is 1.98. The smallest absolute Gasteiger partial charge is 0.222 e. The van der Waals surface area contributed by atoms with Gasteiger partial charge in [0.15, 0.2) is 0 Å². The molecule has 0 spiro atoms. The minimum Gasteiger partial charge on any atom is -0.343 e. The molecule has 2 nitrogen and oxygen atoms in total. The van der Waals surface area contributed by atoms with Gasteiger partial charge in [0, 0.05) is 19.5 Å². The van der Waals surface area contributed by atoms with Crippen LogP contribution in [0.25, 0.3) is 0 Å². The van der Waals surface area contributed by atoms with E-state index in [2.05, 4.69) is 20.8 Å². The monoisotopic (exact) mass is 199 g/mol. The van der Waals surface area contributed by atoms with Gasteiger partial charge in [-0.25, -0.2) is 0 Å². The average Bonchev–Trinajstić information content (AvgIpc) is 2.48. The summed E-state index contributed by atoms with van der Waals surface area (Å²) in [6.07, 6.45) is 1.98. The number of rotatable bonds is 3. The van der Waals surface area contributed by atoms with Crippen LogP contribution in [0, 0.1) is 11.8 Å². The SMILES string of the molecule is CC.CCN1CC(CC(C)C)CC1=O. The van der Waals surface area contributed by atoms with E-state index in [0.717, 1.165) is 25.4 Å². The summed E-state index contributed by atoms with van der Waals surface area (Å²) in [5, 5.41) is 0. The van der Waals surface area contributed by atoms with E-state index < -0.39 is 0 Å². The first kappa shape index (κ1) is 13.5. The summed E-state index contributed by atoms with van der Waals surface area (Å²) in [6, 6.07) is 0. The van der Waals surface area contributed by atoms with Gasteiger partial charge >= 0.3 is 0 Å². The van der Waals surface area contributed by atoms with Crippen molar-refractivity contribution >= 4 is 5.91 Å². The second-order valence-electron chi connectivity index (χ2n) is 4.13. The highest BCUT2D eigenvalue weighted by atomic mass is 16.2. The Balaban J connectivity index is 0.000000791. The number of nitrogens with zero attached hydrogens (tertiary/aromatic N) is 1. The Morgan fingerprint density at radius 3 is 2.36 bits per heavy atom. The predicted octanol–water partition coefficient (Wildman–Crippen LogP) is 2.93. The minimum atomic E-state index is 0.350. The Kier molecular flexibility index (Phi) is 6.60. The van der Waals surface area contributed by atoms with E-state index in [9.17, 15) is 4.79 Å². The van der Waals surface area contributed by atoms with Crippen molar-refractivity contribution in [1.29, 1.82) is 0 Å². The molecule has 0 saturated carbocycles. The van der Waals surface area contributed by atoms with E-state index in [0.29, 0.717) is 11.8 Å². The van der Waals surface area contributed by atoms with Crippen molar-refractivity contribution in [2.24, 2.45) is 11.8 Å². The molecule has 0 radical (unpaired) electrons. The Bertz CT molecular complexity index is 166. The summed E-state index contributed by atoms with van der Waals surface area (Å²) in [5.41, 5.74) is 0. The third-order valence-corrected chi connectivity index (χ3v) is 2.48. The van der Waals surface area contributed by atoms with Crippen molar-refractivity contribution in [2.45, 2.75) is 47.5 Å². The molecule has 1 fully saturated rings. The van der Waals surface area contributed by atoms with Crippen molar-refractivity contribution in [3.63, 3.8) is 0 Å². The van der Waals surface area contributed by atoms with E-state index in [1.54, 1.807) is 0 Å². The van der Waals surface area contributed by atoms with Gasteiger partial charge in [0.25, 0.3) is 0 Å². The number of likely N-dealkylation sites (tertiary alicyclic amines) is 1. The fourth-order valence-electron chi connectivity index (χ4n) is 1.98. The van der Waals surface area contributed by atoms with Gasteiger partial charge in [-0.1, -0.05) is 27.7 Å². The highest BCUT2D eigenvalue weighted by Crippen LogP contribution is 2.23. The second kappa shape index (κ2) is 6.86. The summed E-state index contributed by atoms with van der Waals surface area (Å²) < 4.78 is 0. The first-order valence-electron chi connectivity index (χ1n) is 5.91. The zero-order valence-electron chi connectivity index (χ0n) is 10.3. The van der Waals surface area contributed by atoms with Crippen LogP contribution in [0.5, 0.6) is 0 Å². The Labute approximate surface area is 88.7 Å². The molecule has 1 unspecified atom stereocenters. The van der Waals surface area contributed by atoms with Crippen LogP contribution in [0.4, 0.5) is 0 Å². The molecule has 0 bridgehead atoms. The minimum absolute atomic E-state index is 0.350. The standard InChI is InChI=1S/C10H19NO.C2H6/c1-4-11-7-9(5-8(2)3)6-10(11)12;1-2/h8-9H,4-7H2,1-3H3;1-2H3. The summed E-state index contributed by atoms with van der Waals surface area (Å²) in [6.45, 7) is 12.4. The maximum absolute atomic E-state index is 11.3. The second-order valence-corrected chi connectivity index (χ2v) is 4.13. The lowest BCUT2D eigenvalue weighted by molar-refractivity contribution is -0.127. The van der Waals surface area contributed by atoms with Crippen molar-refractivity contribution in [3.05, 3.63) is 0 Å². The molecule has 1 heterocycles. The van der Waals surface area contributed by atoms with Gasteiger partial charge in [-0.2, -0.15) is 0 Å². The fraction of sp³-hybridized carbons (Fsp3) is 0.917. The van der Waals surface area contributed by atoms with E-state index in [1.165, 1.54) is 6.42 Å². The molecule has 1 atom stereocenters.